The van der Waals surface area contributed by atoms with E-state index in [9.17, 15) is 10.1 Å². The minimum atomic E-state index is -0.267. The Kier molecular flexibility index (Phi) is 10.2. The number of hydrogen-bond donors (Lipinski definition) is 2. The predicted octanol–water partition coefficient (Wildman–Crippen LogP) is 6.21. The Balaban J connectivity index is 1.30. The van der Waals surface area contributed by atoms with Crippen LogP contribution in [0, 0.1) is 11.3 Å². The Labute approximate surface area is 280 Å². The number of carbonyl (C=O) groups excluding carboxylic acids is 1. The summed E-state index contributed by atoms with van der Waals surface area (Å²) in [5.41, 5.74) is 5.47. The van der Waals surface area contributed by atoms with Crippen LogP contribution in [0.15, 0.2) is 73.1 Å². The van der Waals surface area contributed by atoms with Gasteiger partial charge >= 0.3 is 0 Å². The number of nitriles is 1. The van der Waals surface area contributed by atoms with Crippen molar-refractivity contribution in [3.05, 3.63) is 90.0 Å². The molecule has 0 saturated carbocycles. The van der Waals surface area contributed by atoms with Crippen LogP contribution >= 0.6 is 0 Å². The Morgan fingerprint density at radius 1 is 1.17 bits per heavy atom. The number of nitrogens with one attached hydrogen (secondary N) is 2. The van der Waals surface area contributed by atoms with Crippen molar-refractivity contribution in [3.8, 4) is 11.8 Å². The molecule has 0 radical (unpaired) electrons. The lowest BCUT2D eigenvalue weighted by atomic mass is 10.0. The van der Waals surface area contributed by atoms with Crippen LogP contribution in [0.3, 0.4) is 0 Å². The Morgan fingerprint density at radius 2 is 2.02 bits per heavy atom. The van der Waals surface area contributed by atoms with Gasteiger partial charge in [0.15, 0.2) is 0 Å². The third-order valence-corrected chi connectivity index (χ3v) is 8.51. The van der Waals surface area contributed by atoms with Crippen LogP contribution in [-0.2, 0) is 22.5 Å². The highest BCUT2D eigenvalue weighted by Crippen LogP contribution is 2.38. The van der Waals surface area contributed by atoms with E-state index in [1.165, 1.54) is 0 Å². The normalized spacial score (nSPS) is 13.7. The fraction of sp³-hybridized carbons (Fsp3) is 0.324. The second-order valence-corrected chi connectivity index (χ2v) is 11.8. The summed E-state index contributed by atoms with van der Waals surface area (Å²) < 4.78 is 13.3. The summed E-state index contributed by atoms with van der Waals surface area (Å²) in [5, 5.41) is 23.2. The van der Waals surface area contributed by atoms with Gasteiger partial charge in [-0.3, -0.25) is 24.3 Å². The smallest absolute Gasteiger partial charge is 0.248 e. The summed E-state index contributed by atoms with van der Waals surface area (Å²) in [6.07, 6.45) is 9.74. The van der Waals surface area contributed by atoms with Crippen molar-refractivity contribution in [1.29, 1.82) is 5.26 Å². The highest BCUT2D eigenvalue weighted by Gasteiger charge is 2.20. The third-order valence-electron chi connectivity index (χ3n) is 8.51. The number of anilines is 3. The van der Waals surface area contributed by atoms with E-state index in [0.717, 1.165) is 48.3 Å². The zero-order valence-corrected chi connectivity index (χ0v) is 27.6. The number of fused-ring (bicyclic) bond motifs is 2. The van der Waals surface area contributed by atoms with Crippen molar-refractivity contribution in [2.24, 2.45) is 0 Å². The Morgan fingerprint density at radius 3 is 2.77 bits per heavy atom. The lowest BCUT2D eigenvalue weighted by molar-refractivity contribution is -0.111. The minimum Gasteiger partial charge on any atom is -0.492 e. The largest absolute Gasteiger partial charge is 0.492 e. The standard InChI is InChI=1S/C37H40N8O3/c1-4-31-30(22-38)37(40-26-11-12-32-25(19-26)23-45(43-32)24-27-9-6-7-15-39-27)29-20-34(35(48-5-2)21-33(29)41-31)42-36(46)10-8-16-44(3)28-13-17-47-18-14-28/h6-12,15,19-21,23,28H,4-5,13-14,16-18,24H2,1-3H3,(H,40,41)(H,42,46)/b10-8+. The molecule has 11 nitrogen and oxygen atoms in total. The molecule has 2 aromatic carbocycles. The molecule has 0 bridgehead atoms. The molecule has 1 aliphatic heterocycles. The van der Waals surface area contributed by atoms with Crippen molar-refractivity contribution in [3.63, 3.8) is 0 Å². The van der Waals surface area contributed by atoms with Gasteiger partial charge in [0.1, 0.15) is 11.8 Å². The molecular formula is C37H40N8O3. The monoisotopic (exact) mass is 644 g/mol. The average molecular weight is 645 g/mol. The molecule has 5 aromatic rings. The van der Waals surface area contributed by atoms with Gasteiger partial charge < -0.3 is 20.1 Å². The molecule has 48 heavy (non-hydrogen) atoms. The van der Waals surface area contributed by atoms with Gasteiger partial charge in [0.05, 0.1) is 52.5 Å². The molecule has 0 atom stereocenters. The first kappa shape index (κ1) is 32.6. The van der Waals surface area contributed by atoms with Gasteiger partial charge in [-0.05, 0) is 69.6 Å². The first-order chi connectivity index (χ1) is 23.4. The van der Waals surface area contributed by atoms with Crippen LogP contribution in [0.1, 0.15) is 43.6 Å². The van der Waals surface area contributed by atoms with E-state index < -0.39 is 0 Å². The van der Waals surface area contributed by atoms with Crippen LogP contribution in [0.2, 0.25) is 0 Å². The summed E-state index contributed by atoms with van der Waals surface area (Å²) in [6.45, 7) is 7.04. The number of likely N-dealkylation sites (N-methyl/N-ethyl adjacent to an activating group) is 1. The third kappa shape index (κ3) is 7.46. The van der Waals surface area contributed by atoms with Gasteiger partial charge in [0, 0.05) is 66.8 Å². The van der Waals surface area contributed by atoms with Crippen molar-refractivity contribution < 1.29 is 14.3 Å². The second kappa shape index (κ2) is 15.1. The van der Waals surface area contributed by atoms with E-state index in [-0.39, 0.29) is 5.91 Å². The summed E-state index contributed by atoms with van der Waals surface area (Å²) in [6, 6.07) is 18.2. The molecular weight excluding hydrogens is 604 g/mol. The number of hydrogen-bond acceptors (Lipinski definition) is 9. The number of amides is 1. The number of carbonyl (C=O) groups is 1. The van der Waals surface area contributed by atoms with Crippen LogP contribution in [0.25, 0.3) is 21.8 Å². The topological polar surface area (TPSA) is 130 Å². The number of benzene rings is 2. The maximum Gasteiger partial charge on any atom is 0.248 e. The molecule has 1 amide bonds. The van der Waals surface area contributed by atoms with Crippen LogP contribution in [0.5, 0.6) is 5.75 Å². The fourth-order valence-electron chi connectivity index (χ4n) is 6.03. The molecule has 1 saturated heterocycles. The Bertz CT molecular complexity index is 1980. The molecule has 11 heteroatoms. The maximum atomic E-state index is 13.1. The van der Waals surface area contributed by atoms with Gasteiger partial charge in [-0.2, -0.15) is 10.4 Å². The van der Waals surface area contributed by atoms with Gasteiger partial charge in [-0.25, -0.2) is 0 Å². The summed E-state index contributed by atoms with van der Waals surface area (Å²) in [4.78, 5) is 24.6. The number of rotatable bonds is 12. The summed E-state index contributed by atoms with van der Waals surface area (Å²) in [5.74, 6) is 0.245. The highest BCUT2D eigenvalue weighted by atomic mass is 16.5. The molecule has 1 fully saturated rings. The van der Waals surface area contributed by atoms with E-state index in [1.54, 1.807) is 12.3 Å². The molecule has 2 N–H and O–H groups in total. The first-order valence-electron chi connectivity index (χ1n) is 16.4. The summed E-state index contributed by atoms with van der Waals surface area (Å²) >= 11 is 0. The van der Waals surface area contributed by atoms with Gasteiger partial charge in [-0.1, -0.05) is 19.1 Å². The number of aromatic nitrogens is 4. The SMILES string of the molecule is CCOc1cc2nc(CC)c(C#N)c(Nc3ccc4nn(Cc5ccccn5)cc4c3)c2cc1NC(=O)/C=C/CN(C)C1CCOCC1. The first-order valence-corrected chi connectivity index (χ1v) is 16.4. The molecule has 4 heterocycles. The fourth-order valence-corrected chi connectivity index (χ4v) is 6.03. The average Bonchev–Trinajstić information content (AvgIpc) is 3.50. The quantitative estimate of drug-likeness (QED) is 0.152. The zero-order chi connectivity index (χ0) is 33.5. The zero-order valence-electron chi connectivity index (χ0n) is 27.6. The van der Waals surface area contributed by atoms with E-state index in [0.29, 0.717) is 71.4 Å². The maximum absolute atomic E-state index is 13.1. The molecule has 3 aromatic heterocycles. The molecule has 246 valence electrons. The number of aryl methyl sites for hydroxylation is 1. The predicted molar refractivity (Wildman–Crippen MR) is 188 cm³/mol. The summed E-state index contributed by atoms with van der Waals surface area (Å²) in [7, 11) is 2.07. The van der Waals surface area contributed by atoms with Crippen LogP contribution in [-0.4, -0.2) is 70.0 Å². The number of nitrogens with zero attached hydrogens (tertiary/aromatic N) is 6. The van der Waals surface area contributed by atoms with E-state index in [1.807, 2.05) is 79.3 Å². The van der Waals surface area contributed by atoms with E-state index >= 15 is 0 Å². The highest BCUT2D eigenvalue weighted by molar-refractivity contribution is 6.05. The lowest BCUT2D eigenvalue weighted by Gasteiger charge is -2.30. The van der Waals surface area contributed by atoms with E-state index in [4.69, 9.17) is 19.6 Å². The molecule has 1 aliphatic rings. The molecule has 0 spiro atoms. The second-order valence-electron chi connectivity index (χ2n) is 11.8. The molecule has 0 aliphatic carbocycles. The van der Waals surface area contributed by atoms with Crippen LogP contribution in [0.4, 0.5) is 17.1 Å². The van der Waals surface area contributed by atoms with Gasteiger partial charge in [-0.15, -0.1) is 0 Å². The van der Waals surface area contributed by atoms with Crippen molar-refractivity contribution in [2.75, 3.05) is 44.0 Å². The molecule has 0 unspecified atom stereocenters. The number of pyridine rings is 2. The van der Waals surface area contributed by atoms with Crippen LogP contribution < -0.4 is 15.4 Å². The van der Waals surface area contributed by atoms with Crippen molar-refractivity contribution in [2.45, 2.75) is 45.7 Å². The van der Waals surface area contributed by atoms with Crippen molar-refractivity contribution >= 4 is 44.8 Å². The minimum absolute atomic E-state index is 0.267. The van der Waals surface area contributed by atoms with E-state index in [2.05, 4.69) is 33.6 Å². The molecule has 6 rings (SSSR count). The lowest BCUT2D eigenvalue weighted by Crippen LogP contribution is -2.36. The van der Waals surface area contributed by atoms with Gasteiger partial charge in [0.2, 0.25) is 5.91 Å². The Hall–Kier alpha value is -5.31. The number of ether oxygens (including phenoxy) is 2. The van der Waals surface area contributed by atoms with Crippen molar-refractivity contribution in [1.82, 2.24) is 24.6 Å². The van der Waals surface area contributed by atoms with Gasteiger partial charge in [0.25, 0.3) is 0 Å².